The molecule has 2 aromatic heterocycles. The Balaban J connectivity index is 2.21. The predicted octanol–water partition coefficient (Wildman–Crippen LogP) is 1.35. The van der Waals surface area contributed by atoms with Crippen molar-refractivity contribution in [1.82, 2.24) is 13.7 Å². The zero-order valence-corrected chi connectivity index (χ0v) is 14.3. The standard InChI is InChI=1S/C14H23N3O3Si/c1-15-12-9-17(10-20-6-7-21(3,4)5)8-11(12)13(18)16(2)14(15)19/h8-9H,6-7,10H2,1-5H3. The first-order valence-corrected chi connectivity index (χ1v) is 10.7. The van der Waals surface area contributed by atoms with Crippen molar-refractivity contribution in [2.75, 3.05) is 6.61 Å². The first-order chi connectivity index (χ1) is 9.70. The van der Waals surface area contributed by atoms with E-state index in [1.54, 1.807) is 19.4 Å². The normalized spacial score (nSPS) is 12.2. The lowest BCUT2D eigenvalue weighted by atomic mass is 10.4. The van der Waals surface area contributed by atoms with Gasteiger partial charge in [0.2, 0.25) is 0 Å². The van der Waals surface area contributed by atoms with Gasteiger partial charge in [-0.1, -0.05) is 19.6 Å². The summed E-state index contributed by atoms with van der Waals surface area (Å²) in [6.07, 6.45) is 3.53. The highest BCUT2D eigenvalue weighted by molar-refractivity contribution is 6.76. The second-order valence-corrected chi connectivity index (χ2v) is 12.2. The second-order valence-electron chi connectivity index (χ2n) is 6.63. The number of rotatable bonds is 5. The van der Waals surface area contributed by atoms with Gasteiger partial charge in [-0.2, -0.15) is 0 Å². The molecular weight excluding hydrogens is 286 g/mol. The van der Waals surface area contributed by atoms with Crippen LogP contribution in [0.2, 0.25) is 25.7 Å². The molecule has 7 heteroatoms. The van der Waals surface area contributed by atoms with Gasteiger partial charge in [-0.3, -0.25) is 13.9 Å². The van der Waals surface area contributed by atoms with Crippen LogP contribution in [-0.2, 0) is 25.6 Å². The molecule has 0 unspecified atom stereocenters. The molecule has 0 aromatic carbocycles. The van der Waals surface area contributed by atoms with Crippen molar-refractivity contribution < 1.29 is 4.74 Å². The molecule has 6 nitrogen and oxygen atoms in total. The Morgan fingerprint density at radius 3 is 2.38 bits per heavy atom. The number of ether oxygens (including phenoxy) is 1. The summed E-state index contributed by atoms with van der Waals surface area (Å²) in [5.41, 5.74) is 0.0516. The maximum absolute atomic E-state index is 12.1. The zero-order chi connectivity index (χ0) is 15.8. The van der Waals surface area contributed by atoms with Gasteiger partial charge in [0, 0.05) is 41.2 Å². The fraction of sp³-hybridized carbons (Fsp3) is 0.571. The fourth-order valence-electron chi connectivity index (χ4n) is 2.15. The average Bonchev–Trinajstić information content (AvgIpc) is 2.82. The highest BCUT2D eigenvalue weighted by Crippen LogP contribution is 2.10. The predicted molar refractivity (Wildman–Crippen MR) is 86.5 cm³/mol. The van der Waals surface area contributed by atoms with E-state index >= 15 is 0 Å². The molecule has 0 aliphatic heterocycles. The van der Waals surface area contributed by atoms with Gasteiger partial charge in [-0.25, -0.2) is 4.79 Å². The number of nitrogens with zero attached hydrogens (tertiary/aromatic N) is 3. The van der Waals surface area contributed by atoms with Crippen LogP contribution < -0.4 is 11.2 Å². The van der Waals surface area contributed by atoms with Crippen molar-refractivity contribution in [3.8, 4) is 0 Å². The molecule has 116 valence electrons. The molecule has 0 N–H and O–H groups in total. The lowest BCUT2D eigenvalue weighted by Crippen LogP contribution is -2.36. The van der Waals surface area contributed by atoms with Crippen molar-refractivity contribution in [2.45, 2.75) is 32.4 Å². The fourth-order valence-corrected chi connectivity index (χ4v) is 2.90. The molecule has 0 saturated heterocycles. The lowest BCUT2D eigenvalue weighted by molar-refractivity contribution is 0.0877. The van der Waals surface area contributed by atoms with E-state index in [2.05, 4.69) is 19.6 Å². The van der Waals surface area contributed by atoms with Gasteiger partial charge in [-0.05, 0) is 6.04 Å². The van der Waals surface area contributed by atoms with Gasteiger partial charge in [0.05, 0.1) is 10.9 Å². The van der Waals surface area contributed by atoms with Gasteiger partial charge in [-0.15, -0.1) is 0 Å². The molecule has 0 aliphatic carbocycles. The van der Waals surface area contributed by atoms with Crippen LogP contribution in [0.1, 0.15) is 0 Å². The Bertz CT molecular complexity index is 765. The van der Waals surface area contributed by atoms with Gasteiger partial charge < -0.3 is 9.30 Å². The summed E-state index contributed by atoms with van der Waals surface area (Å²) in [5, 5.41) is 0.536. The number of hydrogen-bond donors (Lipinski definition) is 0. The molecule has 0 atom stereocenters. The molecule has 2 heterocycles. The topological polar surface area (TPSA) is 58.2 Å². The van der Waals surface area contributed by atoms with Crippen molar-refractivity contribution in [3.63, 3.8) is 0 Å². The lowest BCUT2D eigenvalue weighted by Gasteiger charge is -2.15. The number of aryl methyl sites for hydroxylation is 1. The molecular formula is C14H23N3O3Si. The maximum Gasteiger partial charge on any atom is 0.330 e. The van der Waals surface area contributed by atoms with Crippen LogP contribution in [0.5, 0.6) is 0 Å². The molecule has 0 spiro atoms. The van der Waals surface area contributed by atoms with Crippen molar-refractivity contribution in [2.24, 2.45) is 14.1 Å². The molecule has 0 saturated carbocycles. The molecule has 0 aliphatic rings. The summed E-state index contributed by atoms with van der Waals surface area (Å²) < 4.78 is 10.1. The van der Waals surface area contributed by atoms with E-state index in [9.17, 15) is 9.59 Å². The quantitative estimate of drug-likeness (QED) is 0.619. The summed E-state index contributed by atoms with van der Waals surface area (Å²) in [7, 11) is 2.07. The Hall–Kier alpha value is -1.60. The number of fused-ring (bicyclic) bond motifs is 1. The third-order valence-electron chi connectivity index (χ3n) is 3.57. The van der Waals surface area contributed by atoms with Gasteiger partial charge in [0.15, 0.2) is 0 Å². The average molecular weight is 309 g/mol. The van der Waals surface area contributed by atoms with Crippen LogP contribution in [-0.4, -0.2) is 28.4 Å². The molecule has 0 fully saturated rings. The minimum absolute atomic E-state index is 0.269. The van der Waals surface area contributed by atoms with Gasteiger partial charge >= 0.3 is 5.69 Å². The molecule has 21 heavy (non-hydrogen) atoms. The summed E-state index contributed by atoms with van der Waals surface area (Å²) in [6.45, 7) is 8.04. The third-order valence-corrected chi connectivity index (χ3v) is 5.27. The number of aromatic nitrogens is 3. The number of hydrogen-bond acceptors (Lipinski definition) is 3. The minimum atomic E-state index is -1.09. The van der Waals surface area contributed by atoms with Gasteiger partial charge in [0.1, 0.15) is 6.73 Å². The maximum atomic E-state index is 12.1. The molecule has 0 amide bonds. The summed E-state index contributed by atoms with van der Waals surface area (Å²) in [5.74, 6) is 0. The van der Waals surface area contributed by atoms with Crippen molar-refractivity contribution in [3.05, 3.63) is 33.2 Å². The van der Waals surface area contributed by atoms with E-state index < -0.39 is 8.07 Å². The Morgan fingerprint density at radius 1 is 1.10 bits per heavy atom. The van der Waals surface area contributed by atoms with Crippen LogP contribution in [0.25, 0.3) is 10.9 Å². The van der Waals surface area contributed by atoms with Crippen LogP contribution in [0, 0.1) is 0 Å². The third kappa shape index (κ3) is 3.35. The summed E-state index contributed by atoms with van der Waals surface area (Å²) >= 11 is 0. The highest BCUT2D eigenvalue weighted by Gasteiger charge is 2.13. The monoisotopic (exact) mass is 309 g/mol. The van der Waals surface area contributed by atoms with Crippen LogP contribution in [0.3, 0.4) is 0 Å². The van der Waals surface area contributed by atoms with E-state index in [0.717, 1.165) is 17.2 Å². The van der Waals surface area contributed by atoms with Crippen molar-refractivity contribution in [1.29, 1.82) is 0 Å². The highest BCUT2D eigenvalue weighted by atomic mass is 28.3. The van der Waals surface area contributed by atoms with E-state index in [1.165, 1.54) is 11.6 Å². The van der Waals surface area contributed by atoms with E-state index in [1.807, 2.05) is 4.57 Å². The Morgan fingerprint density at radius 2 is 1.76 bits per heavy atom. The molecule has 0 radical (unpaired) electrons. The Labute approximate surface area is 124 Å². The molecule has 2 rings (SSSR count). The second kappa shape index (κ2) is 5.65. The minimum Gasteiger partial charge on any atom is -0.361 e. The smallest absolute Gasteiger partial charge is 0.330 e. The summed E-state index contributed by atoms with van der Waals surface area (Å²) in [4.78, 5) is 24.0. The first-order valence-electron chi connectivity index (χ1n) is 7.04. The van der Waals surface area contributed by atoms with Crippen LogP contribution in [0.15, 0.2) is 22.0 Å². The van der Waals surface area contributed by atoms with Gasteiger partial charge in [0.25, 0.3) is 5.56 Å². The molecule has 0 bridgehead atoms. The van der Waals surface area contributed by atoms with Crippen LogP contribution >= 0.6 is 0 Å². The summed E-state index contributed by atoms with van der Waals surface area (Å²) in [6, 6.07) is 1.11. The van der Waals surface area contributed by atoms with Crippen LogP contribution in [0.4, 0.5) is 0 Å². The largest absolute Gasteiger partial charge is 0.361 e. The van der Waals surface area contributed by atoms with E-state index in [-0.39, 0.29) is 11.2 Å². The van der Waals surface area contributed by atoms with E-state index in [4.69, 9.17) is 4.74 Å². The van der Waals surface area contributed by atoms with E-state index in [0.29, 0.717) is 17.6 Å². The molecule has 2 aromatic rings. The Kier molecular flexibility index (Phi) is 4.24. The SMILES string of the molecule is Cn1c(=O)c2cn(COCC[Si](C)(C)C)cc2n(C)c1=O. The zero-order valence-electron chi connectivity index (χ0n) is 13.3. The first kappa shape index (κ1) is 15.8. The van der Waals surface area contributed by atoms with Crippen molar-refractivity contribution >= 4 is 19.0 Å².